The third-order valence-electron chi connectivity index (χ3n) is 2.40. The molecule has 0 aliphatic carbocycles. The Bertz CT molecular complexity index is 508. The summed E-state index contributed by atoms with van der Waals surface area (Å²) in [5.74, 6) is -0.247. The molecule has 0 spiro atoms. The Labute approximate surface area is 97.9 Å². The van der Waals surface area contributed by atoms with E-state index in [4.69, 9.17) is 0 Å². The molecular weight excluding hydrogens is 224 g/mol. The van der Waals surface area contributed by atoms with Crippen LogP contribution in [0, 0.1) is 18.6 Å². The maximum Gasteiger partial charge on any atom is 0.130 e. The Kier molecular flexibility index (Phi) is 3.49. The fourth-order valence-electron chi connectivity index (χ4n) is 1.56. The molecule has 2 N–H and O–H groups in total. The molecule has 1 heterocycles. The summed E-state index contributed by atoms with van der Waals surface area (Å²) in [6.07, 6.45) is 1.73. The minimum atomic E-state index is -0.560. The van der Waals surface area contributed by atoms with Gasteiger partial charge >= 0.3 is 0 Å². The number of nitrogens with zero attached hydrogens (tertiary/aromatic N) is 1. The van der Waals surface area contributed by atoms with E-state index in [1.54, 1.807) is 6.20 Å². The fraction of sp³-hybridized carbons (Fsp3) is 0.250. The molecule has 0 amide bonds. The molecule has 0 radical (unpaired) electrons. The van der Waals surface area contributed by atoms with Gasteiger partial charge in [-0.05, 0) is 13.0 Å². The van der Waals surface area contributed by atoms with Gasteiger partial charge in [-0.3, -0.25) is 0 Å². The largest absolute Gasteiger partial charge is 0.345 e. The number of aromatic nitrogens is 2. The van der Waals surface area contributed by atoms with Crippen LogP contribution in [0.1, 0.15) is 17.1 Å². The molecule has 0 aliphatic heterocycles. The lowest BCUT2D eigenvalue weighted by Gasteiger charge is -2.04. The smallest absolute Gasteiger partial charge is 0.130 e. The molecule has 0 fully saturated rings. The first-order valence-electron chi connectivity index (χ1n) is 5.30. The molecule has 0 aliphatic rings. The first-order chi connectivity index (χ1) is 8.15. The molecule has 17 heavy (non-hydrogen) atoms. The van der Waals surface area contributed by atoms with Gasteiger partial charge in [0.05, 0.1) is 0 Å². The van der Waals surface area contributed by atoms with Crippen LogP contribution in [0.3, 0.4) is 0 Å². The van der Waals surface area contributed by atoms with Gasteiger partial charge in [-0.15, -0.1) is 0 Å². The van der Waals surface area contributed by atoms with E-state index in [0.29, 0.717) is 18.7 Å². The third kappa shape index (κ3) is 3.10. The van der Waals surface area contributed by atoms with Crippen molar-refractivity contribution in [2.75, 3.05) is 0 Å². The number of halogens is 2. The van der Waals surface area contributed by atoms with Crippen molar-refractivity contribution in [1.82, 2.24) is 15.3 Å². The van der Waals surface area contributed by atoms with Gasteiger partial charge in [0.15, 0.2) is 0 Å². The van der Waals surface area contributed by atoms with E-state index in [9.17, 15) is 8.78 Å². The van der Waals surface area contributed by atoms with Gasteiger partial charge in [0.25, 0.3) is 0 Å². The molecule has 0 atom stereocenters. The van der Waals surface area contributed by atoms with E-state index in [2.05, 4.69) is 15.3 Å². The Morgan fingerprint density at radius 1 is 1.29 bits per heavy atom. The van der Waals surface area contributed by atoms with Crippen molar-refractivity contribution in [1.29, 1.82) is 0 Å². The van der Waals surface area contributed by atoms with Crippen LogP contribution in [0.2, 0.25) is 0 Å². The molecule has 90 valence electrons. The number of aryl methyl sites for hydroxylation is 1. The average molecular weight is 237 g/mol. The SMILES string of the molecule is Cc1ncc(CNCc2ccc(F)cc2F)[nH]1. The zero-order valence-electron chi connectivity index (χ0n) is 9.43. The summed E-state index contributed by atoms with van der Waals surface area (Å²) in [5, 5.41) is 3.06. The molecule has 1 aromatic heterocycles. The number of aromatic amines is 1. The number of hydrogen-bond acceptors (Lipinski definition) is 2. The highest BCUT2D eigenvalue weighted by atomic mass is 19.1. The van der Waals surface area contributed by atoms with Crippen LogP contribution in [0.15, 0.2) is 24.4 Å². The summed E-state index contributed by atoms with van der Waals surface area (Å²) in [6.45, 7) is 2.78. The van der Waals surface area contributed by atoms with Crippen molar-refractivity contribution >= 4 is 0 Å². The predicted octanol–water partition coefficient (Wildman–Crippen LogP) is 2.29. The van der Waals surface area contributed by atoms with Crippen molar-refractivity contribution in [3.8, 4) is 0 Å². The molecule has 0 unspecified atom stereocenters. The van der Waals surface area contributed by atoms with Crippen molar-refractivity contribution in [2.24, 2.45) is 0 Å². The first kappa shape index (κ1) is 11.7. The zero-order valence-corrected chi connectivity index (χ0v) is 9.43. The van der Waals surface area contributed by atoms with E-state index in [1.165, 1.54) is 12.1 Å². The summed E-state index contributed by atoms with van der Waals surface area (Å²) in [5.41, 5.74) is 1.38. The Balaban J connectivity index is 1.90. The van der Waals surface area contributed by atoms with E-state index < -0.39 is 11.6 Å². The highest BCUT2D eigenvalue weighted by molar-refractivity contribution is 5.18. The number of benzene rings is 1. The zero-order chi connectivity index (χ0) is 12.3. The van der Waals surface area contributed by atoms with Crippen molar-refractivity contribution < 1.29 is 8.78 Å². The van der Waals surface area contributed by atoms with Crippen LogP contribution < -0.4 is 5.32 Å². The Hall–Kier alpha value is -1.75. The Morgan fingerprint density at radius 2 is 2.12 bits per heavy atom. The van der Waals surface area contributed by atoms with Crippen LogP contribution in [0.5, 0.6) is 0 Å². The number of imidazole rings is 1. The van der Waals surface area contributed by atoms with Gasteiger partial charge in [0.2, 0.25) is 0 Å². The lowest BCUT2D eigenvalue weighted by atomic mass is 10.2. The lowest BCUT2D eigenvalue weighted by Crippen LogP contribution is -2.14. The molecule has 5 heteroatoms. The van der Waals surface area contributed by atoms with Gasteiger partial charge in [0, 0.05) is 36.6 Å². The molecule has 0 bridgehead atoms. The summed E-state index contributed by atoms with van der Waals surface area (Å²) in [4.78, 5) is 7.11. The second kappa shape index (κ2) is 5.05. The molecule has 1 aromatic carbocycles. The van der Waals surface area contributed by atoms with E-state index in [-0.39, 0.29) is 0 Å². The summed E-state index contributed by atoms with van der Waals surface area (Å²) < 4.78 is 25.9. The van der Waals surface area contributed by atoms with Gasteiger partial charge in [-0.2, -0.15) is 0 Å². The molecule has 3 nitrogen and oxygen atoms in total. The van der Waals surface area contributed by atoms with Crippen molar-refractivity contribution in [3.05, 3.63) is 53.1 Å². The van der Waals surface area contributed by atoms with Crippen LogP contribution >= 0.6 is 0 Å². The van der Waals surface area contributed by atoms with Gasteiger partial charge in [0.1, 0.15) is 17.5 Å². The standard InChI is InChI=1S/C12H13F2N3/c1-8-16-7-11(17-8)6-15-5-9-2-3-10(13)4-12(9)14/h2-4,7,15H,5-6H2,1H3,(H,16,17). The highest BCUT2D eigenvalue weighted by Gasteiger charge is 2.03. The minimum Gasteiger partial charge on any atom is -0.345 e. The molecule has 0 saturated carbocycles. The van der Waals surface area contributed by atoms with Crippen LogP contribution in [0.4, 0.5) is 8.78 Å². The normalized spacial score (nSPS) is 10.8. The molecule has 0 saturated heterocycles. The third-order valence-corrected chi connectivity index (χ3v) is 2.40. The monoisotopic (exact) mass is 237 g/mol. The lowest BCUT2D eigenvalue weighted by molar-refractivity contribution is 0.559. The van der Waals surface area contributed by atoms with E-state index >= 15 is 0 Å². The van der Waals surface area contributed by atoms with Gasteiger partial charge in [-0.25, -0.2) is 13.8 Å². The van der Waals surface area contributed by atoms with Crippen LogP contribution in [-0.4, -0.2) is 9.97 Å². The topological polar surface area (TPSA) is 40.7 Å². The number of rotatable bonds is 4. The number of nitrogens with one attached hydrogen (secondary N) is 2. The van der Waals surface area contributed by atoms with Crippen LogP contribution in [-0.2, 0) is 13.1 Å². The number of hydrogen-bond donors (Lipinski definition) is 2. The predicted molar refractivity (Wildman–Crippen MR) is 60.2 cm³/mol. The molecule has 2 rings (SSSR count). The quantitative estimate of drug-likeness (QED) is 0.856. The first-order valence-corrected chi connectivity index (χ1v) is 5.30. The van der Waals surface area contributed by atoms with Crippen molar-refractivity contribution in [3.63, 3.8) is 0 Å². The van der Waals surface area contributed by atoms with Gasteiger partial charge in [-0.1, -0.05) is 6.07 Å². The average Bonchev–Trinajstić information content (AvgIpc) is 2.68. The number of H-pyrrole nitrogens is 1. The fourth-order valence-corrected chi connectivity index (χ4v) is 1.56. The summed E-state index contributed by atoms with van der Waals surface area (Å²) >= 11 is 0. The summed E-state index contributed by atoms with van der Waals surface area (Å²) in [7, 11) is 0. The van der Waals surface area contributed by atoms with E-state index in [0.717, 1.165) is 17.6 Å². The van der Waals surface area contributed by atoms with E-state index in [1.807, 2.05) is 6.92 Å². The maximum absolute atomic E-state index is 13.3. The molecular formula is C12H13F2N3. The second-order valence-electron chi connectivity index (χ2n) is 3.83. The maximum atomic E-state index is 13.3. The minimum absolute atomic E-state index is 0.351. The Morgan fingerprint density at radius 3 is 2.76 bits per heavy atom. The summed E-state index contributed by atoms with van der Waals surface area (Å²) in [6, 6.07) is 3.58. The molecule has 2 aromatic rings. The van der Waals surface area contributed by atoms with Gasteiger partial charge < -0.3 is 10.3 Å². The second-order valence-corrected chi connectivity index (χ2v) is 3.83. The van der Waals surface area contributed by atoms with Crippen LogP contribution in [0.25, 0.3) is 0 Å². The highest BCUT2D eigenvalue weighted by Crippen LogP contribution is 2.09. The van der Waals surface area contributed by atoms with Crippen molar-refractivity contribution in [2.45, 2.75) is 20.0 Å².